The molecule has 0 bridgehead atoms. The van der Waals surface area contributed by atoms with E-state index in [1.807, 2.05) is 5.92 Å². The lowest BCUT2D eigenvalue weighted by Crippen LogP contribution is -2.22. The topological polar surface area (TPSA) is 66.4 Å². The summed E-state index contributed by atoms with van der Waals surface area (Å²) in [4.78, 5) is 20.7. The SMILES string of the molecule is C#CC(=O)NCCCCCCC(=O)O. The highest BCUT2D eigenvalue weighted by molar-refractivity contribution is 5.92. The van der Waals surface area contributed by atoms with E-state index >= 15 is 0 Å². The van der Waals surface area contributed by atoms with Crippen LogP contribution >= 0.6 is 0 Å². The summed E-state index contributed by atoms with van der Waals surface area (Å²) in [6.07, 6.45) is 8.38. The number of carboxylic acid groups (broad SMARTS) is 1. The number of hydrogen-bond acceptors (Lipinski definition) is 2. The minimum Gasteiger partial charge on any atom is -0.481 e. The maximum atomic E-state index is 10.6. The molecule has 0 saturated heterocycles. The minimum absolute atomic E-state index is 0.219. The molecule has 0 aliphatic carbocycles. The van der Waals surface area contributed by atoms with E-state index in [1.165, 1.54) is 0 Å². The highest BCUT2D eigenvalue weighted by atomic mass is 16.4. The van der Waals surface area contributed by atoms with E-state index in [-0.39, 0.29) is 6.42 Å². The normalized spacial score (nSPS) is 9.07. The number of carbonyl (C=O) groups is 2. The predicted molar refractivity (Wildman–Crippen MR) is 52.6 cm³/mol. The molecule has 0 atom stereocenters. The molecule has 78 valence electrons. The van der Waals surface area contributed by atoms with Gasteiger partial charge in [-0.3, -0.25) is 9.59 Å². The summed E-state index contributed by atoms with van der Waals surface area (Å²) in [6, 6.07) is 0. The molecule has 0 unspecified atom stereocenters. The third-order valence-corrected chi connectivity index (χ3v) is 1.73. The summed E-state index contributed by atoms with van der Waals surface area (Å²) in [5.41, 5.74) is 0. The van der Waals surface area contributed by atoms with Crippen LogP contribution in [0.4, 0.5) is 0 Å². The molecule has 0 aromatic rings. The number of hydrogen-bond donors (Lipinski definition) is 2. The smallest absolute Gasteiger partial charge is 0.303 e. The second-order valence-electron chi connectivity index (χ2n) is 2.96. The number of nitrogens with one attached hydrogen (secondary N) is 1. The zero-order chi connectivity index (χ0) is 10.8. The first-order chi connectivity index (χ1) is 6.66. The fourth-order valence-electron chi connectivity index (χ4n) is 1.01. The van der Waals surface area contributed by atoms with Gasteiger partial charge in [-0.2, -0.15) is 0 Å². The number of unbranched alkanes of at least 4 members (excludes halogenated alkanes) is 3. The van der Waals surface area contributed by atoms with E-state index in [0.29, 0.717) is 13.0 Å². The Bertz CT molecular complexity index is 230. The zero-order valence-electron chi connectivity index (χ0n) is 8.08. The van der Waals surface area contributed by atoms with Crippen LogP contribution in [0.5, 0.6) is 0 Å². The Hall–Kier alpha value is -1.50. The lowest BCUT2D eigenvalue weighted by molar-refractivity contribution is -0.137. The van der Waals surface area contributed by atoms with Gasteiger partial charge in [-0.05, 0) is 18.8 Å². The molecular formula is C10H15NO3. The maximum absolute atomic E-state index is 10.6. The fraction of sp³-hybridized carbons (Fsp3) is 0.600. The molecular weight excluding hydrogens is 182 g/mol. The van der Waals surface area contributed by atoms with E-state index in [4.69, 9.17) is 11.5 Å². The summed E-state index contributed by atoms with van der Waals surface area (Å²) in [5, 5.41) is 10.9. The van der Waals surface area contributed by atoms with Gasteiger partial charge in [0.15, 0.2) is 0 Å². The molecule has 0 saturated carbocycles. The van der Waals surface area contributed by atoms with Crippen LogP contribution in [0.3, 0.4) is 0 Å². The Kier molecular flexibility index (Phi) is 7.24. The summed E-state index contributed by atoms with van der Waals surface area (Å²) in [6.45, 7) is 0.566. The first-order valence-electron chi connectivity index (χ1n) is 4.63. The Morgan fingerprint density at radius 2 is 1.86 bits per heavy atom. The molecule has 14 heavy (non-hydrogen) atoms. The molecule has 0 aromatic heterocycles. The first kappa shape index (κ1) is 12.5. The van der Waals surface area contributed by atoms with Crippen LogP contribution < -0.4 is 5.32 Å². The van der Waals surface area contributed by atoms with Crippen LogP contribution in [0.2, 0.25) is 0 Å². The maximum Gasteiger partial charge on any atom is 0.303 e. The van der Waals surface area contributed by atoms with Crippen molar-refractivity contribution in [3.05, 3.63) is 0 Å². The highest BCUT2D eigenvalue weighted by Crippen LogP contribution is 2.01. The molecule has 0 radical (unpaired) electrons. The molecule has 2 N–H and O–H groups in total. The number of aliphatic carboxylic acids is 1. The van der Waals surface area contributed by atoms with Gasteiger partial charge in [0.05, 0.1) is 0 Å². The van der Waals surface area contributed by atoms with Gasteiger partial charge in [0.25, 0.3) is 5.91 Å². The summed E-state index contributed by atoms with van der Waals surface area (Å²) >= 11 is 0. The van der Waals surface area contributed by atoms with E-state index < -0.39 is 11.9 Å². The molecule has 0 aliphatic rings. The van der Waals surface area contributed by atoms with Crippen molar-refractivity contribution in [1.82, 2.24) is 5.32 Å². The number of amides is 1. The van der Waals surface area contributed by atoms with Crippen molar-refractivity contribution in [1.29, 1.82) is 0 Å². The van der Waals surface area contributed by atoms with Crippen molar-refractivity contribution >= 4 is 11.9 Å². The number of carboxylic acids is 1. The first-order valence-corrected chi connectivity index (χ1v) is 4.63. The van der Waals surface area contributed by atoms with E-state index in [1.54, 1.807) is 0 Å². The average Bonchev–Trinajstić information content (AvgIpc) is 2.15. The lowest BCUT2D eigenvalue weighted by atomic mass is 10.1. The van der Waals surface area contributed by atoms with Gasteiger partial charge >= 0.3 is 5.97 Å². The van der Waals surface area contributed by atoms with Crippen LogP contribution in [0.1, 0.15) is 32.1 Å². The number of carbonyl (C=O) groups excluding carboxylic acids is 1. The standard InChI is InChI=1S/C10H15NO3/c1-2-9(12)11-8-6-4-3-5-7-10(13)14/h1H,3-8H2,(H,11,12)(H,13,14). The molecule has 0 spiro atoms. The van der Waals surface area contributed by atoms with E-state index in [0.717, 1.165) is 19.3 Å². The van der Waals surface area contributed by atoms with Crippen molar-refractivity contribution in [2.24, 2.45) is 0 Å². The average molecular weight is 197 g/mol. The molecule has 4 nitrogen and oxygen atoms in total. The highest BCUT2D eigenvalue weighted by Gasteiger charge is 1.97. The fourth-order valence-corrected chi connectivity index (χ4v) is 1.01. The minimum atomic E-state index is -0.759. The van der Waals surface area contributed by atoms with Gasteiger partial charge < -0.3 is 10.4 Å². The second kappa shape index (κ2) is 8.11. The van der Waals surface area contributed by atoms with Crippen molar-refractivity contribution in [3.63, 3.8) is 0 Å². The number of terminal acetylenes is 1. The van der Waals surface area contributed by atoms with Crippen LogP contribution in [-0.2, 0) is 9.59 Å². The Labute approximate surface area is 83.7 Å². The van der Waals surface area contributed by atoms with Crippen molar-refractivity contribution < 1.29 is 14.7 Å². The third-order valence-electron chi connectivity index (χ3n) is 1.73. The van der Waals surface area contributed by atoms with Gasteiger partial charge in [-0.25, -0.2) is 0 Å². The zero-order valence-corrected chi connectivity index (χ0v) is 8.08. The van der Waals surface area contributed by atoms with Crippen LogP contribution in [-0.4, -0.2) is 23.5 Å². The monoisotopic (exact) mass is 197 g/mol. The molecule has 0 aromatic carbocycles. The van der Waals surface area contributed by atoms with Crippen molar-refractivity contribution in [3.8, 4) is 12.3 Å². The van der Waals surface area contributed by atoms with Gasteiger partial charge in [0.1, 0.15) is 0 Å². The summed E-state index contributed by atoms with van der Waals surface area (Å²) < 4.78 is 0. The van der Waals surface area contributed by atoms with Crippen molar-refractivity contribution in [2.75, 3.05) is 6.54 Å². The third kappa shape index (κ3) is 8.60. The summed E-state index contributed by atoms with van der Waals surface area (Å²) in [5.74, 6) is 0.803. The van der Waals surface area contributed by atoms with E-state index in [2.05, 4.69) is 5.32 Å². The van der Waals surface area contributed by atoms with Gasteiger partial charge in [0.2, 0.25) is 0 Å². The summed E-state index contributed by atoms with van der Waals surface area (Å²) in [7, 11) is 0. The second-order valence-corrected chi connectivity index (χ2v) is 2.96. The quantitative estimate of drug-likeness (QED) is 0.468. The Morgan fingerprint density at radius 3 is 2.43 bits per heavy atom. The molecule has 0 fully saturated rings. The molecule has 4 heteroatoms. The van der Waals surface area contributed by atoms with Crippen LogP contribution in [0.25, 0.3) is 0 Å². The molecule has 0 aliphatic heterocycles. The molecule has 0 rings (SSSR count). The lowest BCUT2D eigenvalue weighted by Gasteiger charge is -2.00. The Balaban J connectivity index is 3.11. The number of rotatable bonds is 7. The Morgan fingerprint density at radius 1 is 1.21 bits per heavy atom. The molecule has 0 heterocycles. The van der Waals surface area contributed by atoms with Crippen molar-refractivity contribution in [2.45, 2.75) is 32.1 Å². The predicted octanol–water partition coefficient (Wildman–Crippen LogP) is 0.771. The molecule has 1 amide bonds. The van der Waals surface area contributed by atoms with Crippen LogP contribution in [0.15, 0.2) is 0 Å². The van der Waals surface area contributed by atoms with Gasteiger partial charge in [0, 0.05) is 13.0 Å². The van der Waals surface area contributed by atoms with Gasteiger partial charge in [-0.15, -0.1) is 6.42 Å². The largest absolute Gasteiger partial charge is 0.481 e. The van der Waals surface area contributed by atoms with E-state index in [9.17, 15) is 9.59 Å². The van der Waals surface area contributed by atoms with Crippen LogP contribution in [0, 0.1) is 12.3 Å². The van der Waals surface area contributed by atoms with Gasteiger partial charge in [-0.1, -0.05) is 12.8 Å².